The number of nitrogens with zero attached hydrogens (tertiary/aromatic N) is 3. The number of hydrogen-bond donors (Lipinski definition) is 1. The van der Waals surface area contributed by atoms with E-state index < -0.39 is 0 Å². The molecule has 0 saturated carbocycles. The van der Waals surface area contributed by atoms with E-state index in [2.05, 4.69) is 40.5 Å². The summed E-state index contributed by atoms with van der Waals surface area (Å²) in [6.45, 7) is 3.88. The second-order valence-electron chi connectivity index (χ2n) is 4.21. The molecule has 1 N–H and O–H groups in total. The molecule has 0 unspecified atom stereocenters. The molecule has 86 valence electrons. The van der Waals surface area contributed by atoms with E-state index in [0.29, 0.717) is 0 Å². The molecule has 0 aliphatic carbocycles. The lowest BCUT2D eigenvalue weighted by atomic mass is 10.3. The average molecular weight is 236 g/mol. The molecule has 5 heteroatoms. The lowest BCUT2D eigenvalue weighted by molar-refractivity contribution is 0.385. The lowest BCUT2D eigenvalue weighted by Crippen LogP contribution is -2.18. The Bertz CT molecular complexity index is 553. The van der Waals surface area contributed by atoms with Crippen molar-refractivity contribution < 1.29 is 0 Å². The molecule has 0 aliphatic rings. The minimum Gasteiger partial charge on any atom is -0.329 e. The largest absolute Gasteiger partial charge is 0.329 e. The maximum Gasteiger partial charge on any atom is 0.179 e. The number of pyridine rings is 1. The summed E-state index contributed by atoms with van der Waals surface area (Å²) in [5, 5.41) is 0. The van der Waals surface area contributed by atoms with Gasteiger partial charge >= 0.3 is 0 Å². The molecule has 16 heavy (non-hydrogen) atoms. The molecular formula is C11H16N4S. The summed E-state index contributed by atoms with van der Waals surface area (Å²) in [4.78, 5) is 9.74. The minimum absolute atomic E-state index is 0.749. The van der Waals surface area contributed by atoms with Crippen LogP contribution in [-0.2, 0) is 6.54 Å². The number of nitrogens with one attached hydrogen (secondary N) is 1. The molecule has 0 spiro atoms. The van der Waals surface area contributed by atoms with Gasteiger partial charge in [-0.2, -0.15) is 0 Å². The van der Waals surface area contributed by atoms with Crippen molar-refractivity contribution in [3.8, 4) is 0 Å². The van der Waals surface area contributed by atoms with Crippen LogP contribution in [0.5, 0.6) is 0 Å². The lowest BCUT2D eigenvalue weighted by Gasteiger charge is -2.10. The van der Waals surface area contributed by atoms with Gasteiger partial charge < -0.3 is 14.5 Å². The van der Waals surface area contributed by atoms with Gasteiger partial charge in [-0.15, -0.1) is 0 Å². The van der Waals surface area contributed by atoms with Crippen LogP contribution in [0.4, 0.5) is 0 Å². The van der Waals surface area contributed by atoms with Gasteiger partial charge in [-0.25, -0.2) is 4.98 Å². The molecule has 4 nitrogen and oxygen atoms in total. The predicted octanol–water partition coefficient (Wildman–Crippen LogP) is 1.96. The first-order chi connectivity index (χ1) is 7.59. The van der Waals surface area contributed by atoms with Crippen molar-refractivity contribution in [3.05, 3.63) is 22.6 Å². The normalized spacial score (nSPS) is 11.5. The molecule has 2 rings (SSSR count). The zero-order valence-electron chi connectivity index (χ0n) is 9.82. The number of aromatic amines is 1. The third-order valence-electron chi connectivity index (χ3n) is 2.64. The number of likely N-dealkylation sites (N-methyl/N-ethyl adjacent to an activating group) is 1. The third kappa shape index (κ3) is 2.01. The Morgan fingerprint density at radius 2 is 2.25 bits per heavy atom. The second-order valence-corrected chi connectivity index (χ2v) is 4.60. The molecule has 0 aliphatic heterocycles. The molecule has 2 heterocycles. The van der Waals surface area contributed by atoms with Gasteiger partial charge in [-0.05, 0) is 44.9 Å². The van der Waals surface area contributed by atoms with Gasteiger partial charge in [-0.3, -0.25) is 0 Å². The highest BCUT2D eigenvalue weighted by molar-refractivity contribution is 7.71. The van der Waals surface area contributed by atoms with Gasteiger partial charge in [0.05, 0.1) is 5.52 Å². The van der Waals surface area contributed by atoms with E-state index in [1.807, 2.05) is 12.3 Å². The quantitative estimate of drug-likeness (QED) is 0.828. The Kier molecular flexibility index (Phi) is 3.07. The first-order valence-electron chi connectivity index (χ1n) is 5.28. The maximum absolute atomic E-state index is 5.31. The summed E-state index contributed by atoms with van der Waals surface area (Å²) in [6, 6.07) is 1.99. The smallest absolute Gasteiger partial charge is 0.179 e. The standard InChI is InChI=1S/C11H16N4S/c1-8-4-5-12-10-9(8)13-11(16)15(10)7-6-14(2)3/h4-5H,6-7H2,1-3H3,(H,13,16). The average Bonchev–Trinajstić information content (AvgIpc) is 2.53. The molecule has 0 fully saturated rings. The third-order valence-corrected chi connectivity index (χ3v) is 2.97. The molecule has 0 bridgehead atoms. The van der Waals surface area contributed by atoms with Crippen LogP contribution in [-0.4, -0.2) is 40.1 Å². The summed E-state index contributed by atoms with van der Waals surface area (Å²) in [6.07, 6.45) is 1.83. The van der Waals surface area contributed by atoms with Crippen molar-refractivity contribution in [2.75, 3.05) is 20.6 Å². The summed E-state index contributed by atoms with van der Waals surface area (Å²) >= 11 is 5.31. The number of aromatic nitrogens is 3. The van der Waals surface area contributed by atoms with E-state index in [9.17, 15) is 0 Å². The highest BCUT2D eigenvalue weighted by Crippen LogP contribution is 2.14. The van der Waals surface area contributed by atoms with Gasteiger partial charge in [0.15, 0.2) is 10.4 Å². The number of imidazole rings is 1. The Labute approximate surface area is 99.9 Å². The second kappa shape index (κ2) is 4.35. The highest BCUT2D eigenvalue weighted by Gasteiger charge is 2.07. The Hall–Kier alpha value is -1.20. The zero-order valence-corrected chi connectivity index (χ0v) is 10.6. The fraction of sp³-hybridized carbons (Fsp3) is 0.455. The molecule has 0 amide bonds. The Morgan fingerprint density at radius 3 is 2.94 bits per heavy atom. The van der Waals surface area contributed by atoms with E-state index >= 15 is 0 Å². The minimum atomic E-state index is 0.749. The predicted molar refractivity (Wildman–Crippen MR) is 68.2 cm³/mol. The molecule has 0 atom stereocenters. The summed E-state index contributed by atoms with van der Waals surface area (Å²) in [7, 11) is 4.11. The van der Waals surface area contributed by atoms with Crippen molar-refractivity contribution in [2.24, 2.45) is 0 Å². The van der Waals surface area contributed by atoms with Crippen molar-refractivity contribution in [2.45, 2.75) is 13.5 Å². The van der Waals surface area contributed by atoms with E-state index in [4.69, 9.17) is 12.2 Å². The number of aryl methyl sites for hydroxylation is 1. The first-order valence-corrected chi connectivity index (χ1v) is 5.69. The highest BCUT2D eigenvalue weighted by atomic mass is 32.1. The van der Waals surface area contributed by atoms with E-state index in [0.717, 1.165) is 29.0 Å². The summed E-state index contributed by atoms with van der Waals surface area (Å²) in [5.41, 5.74) is 3.18. The van der Waals surface area contributed by atoms with Crippen LogP contribution < -0.4 is 0 Å². The van der Waals surface area contributed by atoms with Crippen LogP contribution in [0.25, 0.3) is 11.2 Å². The summed E-state index contributed by atoms with van der Waals surface area (Å²) in [5.74, 6) is 0. The van der Waals surface area contributed by atoms with Crippen LogP contribution in [0.15, 0.2) is 12.3 Å². The molecule has 2 aromatic rings. The maximum atomic E-state index is 5.31. The topological polar surface area (TPSA) is 36.9 Å². The summed E-state index contributed by atoms with van der Waals surface area (Å²) < 4.78 is 2.80. The van der Waals surface area contributed by atoms with Gasteiger partial charge in [0.2, 0.25) is 0 Å². The Balaban J connectivity index is 2.48. The monoisotopic (exact) mass is 236 g/mol. The van der Waals surface area contributed by atoms with Crippen LogP contribution in [0.2, 0.25) is 0 Å². The number of hydrogen-bond acceptors (Lipinski definition) is 3. The first kappa shape index (κ1) is 11.3. The molecule has 2 aromatic heterocycles. The molecular weight excluding hydrogens is 220 g/mol. The fourth-order valence-electron chi connectivity index (χ4n) is 1.68. The van der Waals surface area contributed by atoms with E-state index in [1.165, 1.54) is 5.56 Å². The van der Waals surface area contributed by atoms with Crippen molar-refractivity contribution in [1.29, 1.82) is 0 Å². The van der Waals surface area contributed by atoms with Crippen LogP contribution >= 0.6 is 12.2 Å². The van der Waals surface area contributed by atoms with Crippen LogP contribution in [0.1, 0.15) is 5.56 Å². The van der Waals surface area contributed by atoms with Gasteiger partial charge in [-0.1, -0.05) is 0 Å². The molecule has 0 saturated heterocycles. The van der Waals surface area contributed by atoms with Gasteiger partial charge in [0.25, 0.3) is 0 Å². The number of rotatable bonds is 3. The fourth-order valence-corrected chi connectivity index (χ4v) is 1.96. The van der Waals surface area contributed by atoms with Crippen LogP contribution in [0, 0.1) is 11.7 Å². The van der Waals surface area contributed by atoms with Crippen molar-refractivity contribution >= 4 is 23.4 Å². The van der Waals surface area contributed by atoms with Crippen molar-refractivity contribution in [3.63, 3.8) is 0 Å². The SMILES string of the molecule is Cc1ccnc2c1[nH]c(=S)n2CCN(C)C. The van der Waals surface area contributed by atoms with Crippen LogP contribution in [0.3, 0.4) is 0 Å². The van der Waals surface area contributed by atoms with Gasteiger partial charge in [0.1, 0.15) is 0 Å². The molecule has 0 radical (unpaired) electrons. The van der Waals surface area contributed by atoms with E-state index in [-0.39, 0.29) is 0 Å². The Morgan fingerprint density at radius 1 is 1.50 bits per heavy atom. The number of fused-ring (bicyclic) bond motifs is 1. The van der Waals surface area contributed by atoms with Crippen molar-refractivity contribution in [1.82, 2.24) is 19.4 Å². The zero-order chi connectivity index (χ0) is 11.7. The number of H-pyrrole nitrogens is 1. The van der Waals surface area contributed by atoms with E-state index in [1.54, 1.807) is 0 Å². The molecule has 0 aromatic carbocycles. The van der Waals surface area contributed by atoms with Gasteiger partial charge in [0, 0.05) is 19.3 Å².